The summed E-state index contributed by atoms with van der Waals surface area (Å²) in [4.78, 5) is 4.34. The van der Waals surface area contributed by atoms with Gasteiger partial charge >= 0.3 is 0 Å². The van der Waals surface area contributed by atoms with Crippen molar-refractivity contribution in [2.24, 2.45) is 0 Å². The fourth-order valence-corrected chi connectivity index (χ4v) is 2.00. The van der Waals surface area contributed by atoms with E-state index in [1.807, 2.05) is 37.4 Å². The molecule has 0 unspecified atom stereocenters. The predicted octanol–water partition coefficient (Wildman–Crippen LogP) is 3.09. The zero-order chi connectivity index (χ0) is 10.8. The highest BCUT2D eigenvalue weighted by Crippen LogP contribution is 2.24. The molecule has 1 aromatic carbocycles. The first-order valence-corrected chi connectivity index (χ1v) is 5.58. The van der Waals surface area contributed by atoms with Crippen LogP contribution in [-0.2, 0) is 0 Å². The average molecular weight is 219 g/mol. The molecule has 0 aliphatic carbocycles. The maximum atomic E-state index is 5.73. The molecule has 0 aliphatic heterocycles. The number of nitrogens with two attached hydrogens (primary N) is 1. The second kappa shape index (κ2) is 3.90. The summed E-state index contributed by atoms with van der Waals surface area (Å²) in [6.45, 7) is 4.02. The smallest absolute Gasteiger partial charge is 0.187 e. The molecule has 1 heterocycles. The van der Waals surface area contributed by atoms with Crippen LogP contribution in [0, 0.1) is 13.8 Å². The van der Waals surface area contributed by atoms with Crippen molar-refractivity contribution in [3.05, 3.63) is 34.8 Å². The number of rotatable bonds is 2. The van der Waals surface area contributed by atoms with Gasteiger partial charge in [-0.25, -0.2) is 4.98 Å². The van der Waals surface area contributed by atoms with Crippen molar-refractivity contribution in [1.29, 1.82) is 0 Å². The molecule has 0 spiro atoms. The summed E-state index contributed by atoms with van der Waals surface area (Å²) in [5.74, 6) is 0. The van der Waals surface area contributed by atoms with Gasteiger partial charge in [-0.3, -0.25) is 0 Å². The van der Waals surface area contributed by atoms with E-state index in [1.165, 1.54) is 0 Å². The minimum Gasteiger partial charge on any atom is -0.399 e. The van der Waals surface area contributed by atoms with Gasteiger partial charge in [0.25, 0.3) is 0 Å². The summed E-state index contributed by atoms with van der Waals surface area (Å²) >= 11 is 1.60. The summed E-state index contributed by atoms with van der Waals surface area (Å²) in [5.41, 5.74) is 9.70. The maximum Gasteiger partial charge on any atom is 0.187 e. The lowest BCUT2D eigenvalue weighted by atomic mass is 10.2. The molecule has 3 N–H and O–H groups in total. The number of hydrogen-bond acceptors (Lipinski definition) is 4. The third-order valence-electron chi connectivity index (χ3n) is 2.12. The molecule has 0 radical (unpaired) electrons. The molecule has 0 saturated carbocycles. The Morgan fingerprint density at radius 3 is 2.80 bits per heavy atom. The molecule has 78 valence electrons. The van der Waals surface area contributed by atoms with Gasteiger partial charge in [-0.05, 0) is 31.5 Å². The Hall–Kier alpha value is -1.55. The second-order valence-electron chi connectivity index (χ2n) is 3.49. The van der Waals surface area contributed by atoms with Gasteiger partial charge < -0.3 is 11.1 Å². The van der Waals surface area contributed by atoms with Crippen molar-refractivity contribution < 1.29 is 0 Å². The van der Waals surface area contributed by atoms with Crippen LogP contribution in [0.4, 0.5) is 16.5 Å². The topological polar surface area (TPSA) is 50.9 Å². The van der Waals surface area contributed by atoms with Crippen molar-refractivity contribution in [3.63, 3.8) is 0 Å². The lowest BCUT2D eigenvalue weighted by Gasteiger charge is -2.07. The number of anilines is 3. The number of hydrogen-bond donors (Lipinski definition) is 2. The third-order valence-corrected chi connectivity index (χ3v) is 3.00. The highest BCUT2D eigenvalue weighted by Gasteiger charge is 2.02. The van der Waals surface area contributed by atoms with E-state index in [4.69, 9.17) is 5.73 Å². The number of aromatic nitrogens is 1. The van der Waals surface area contributed by atoms with Gasteiger partial charge in [-0.1, -0.05) is 6.07 Å². The van der Waals surface area contributed by atoms with Crippen LogP contribution >= 0.6 is 11.3 Å². The molecule has 1 aromatic heterocycles. The summed E-state index contributed by atoms with van der Waals surface area (Å²) in [6, 6.07) is 5.82. The number of benzene rings is 1. The Balaban J connectivity index is 2.27. The Morgan fingerprint density at radius 1 is 1.33 bits per heavy atom. The van der Waals surface area contributed by atoms with Crippen LogP contribution in [0.5, 0.6) is 0 Å². The molecule has 2 aromatic rings. The van der Waals surface area contributed by atoms with Crippen LogP contribution in [0.3, 0.4) is 0 Å². The van der Waals surface area contributed by atoms with Gasteiger partial charge in [0, 0.05) is 16.8 Å². The molecule has 4 heteroatoms. The highest BCUT2D eigenvalue weighted by atomic mass is 32.1. The van der Waals surface area contributed by atoms with E-state index in [0.717, 1.165) is 27.8 Å². The predicted molar refractivity (Wildman–Crippen MR) is 65.7 cm³/mol. The van der Waals surface area contributed by atoms with Gasteiger partial charge in [-0.15, -0.1) is 11.3 Å². The lowest BCUT2D eigenvalue weighted by Crippen LogP contribution is -1.94. The Labute approximate surface area is 93.0 Å². The van der Waals surface area contributed by atoms with E-state index < -0.39 is 0 Å². The van der Waals surface area contributed by atoms with Crippen LogP contribution in [0.25, 0.3) is 0 Å². The fourth-order valence-electron chi connectivity index (χ4n) is 1.30. The third kappa shape index (κ3) is 2.27. The molecule has 0 fully saturated rings. The zero-order valence-corrected chi connectivity index (χ0v) is 9.56. The molecular formula is C11H13N3S. The summed E-state index contributed by atoms with van der Waals surface area (Å²) < 4.78 is 0. The Bertz CT molecular complexity index is 476. The van der Waals surface area contributed by atoms with Crippen molar-refractivity contribution >= 4 is 27.8 Å². The molecule has 15 heavy (non-hydrogen) atoms. The standard InChI is InChI=1S/C11H13N3S/c1-7-3-4-9(12)5-10(7)14-11-13-8(2)6-15-11/h3-6H,12H2,1-2H3,(H,13,14). The van der Waals surface area contributed by atoms with E-state index in [-0.39, 0.29) is 0 Å². The average Bonchev–Trinajstić information content (AvgIpc) is 2.58. The number of nitrogens with zero attached hydrogens (tertiary/aromatic N) is 1. The lowest BCUT2D eigenvalue weighted by molar-refractivity contribution is 1.26. The number of nitrogen functional groups attached to an aromatic ring is 1. The van der Waals surface area contributed by atoms with Crippen molar-refractivity contribution in [2.75, 3.05) is 11.1 Å². The summed E-state index contributed by atoms with van der Waals surface area (Å²) in [7, 11) is 0. The van der Waals surface area contributed by atoms with Crippen LogP contribution in [-0.4, -0.2) is 4.98 Å². The molecular weight excluding hydrogens is 206 g/mol. The van der Waals surface area contributed by atoms with Crippen LogP contribution < -0.4 is 11.1 Å². The first kappa shape index (κ1) is 9.98. The molecule has 0 bridgehead atoms. The van der Waals surface area contributed by atoms with E-state index in [2.05, 4.69) is 10.3 Å². The number of aryl methyl sites for hydroxylation is 2. The van der Waals surface area contributed by atoms with E-state index >= 15 is 0 Å². The first-order chi connectivity index (χ1) is 7.15. The van der Waals surface area contributed by atoms with Gasteiger partial charge in [0.15, 0.2) is 5.13 Å². The molecule has 3 nitrogen and oxygen atoms in total. The monoisotopic (exact) mass is 219 g/mol. The van der Waals surface area contributed by atoms with Crippen molar-refractivity contribution in [1.82, 2.24) is 4.98 Å². The Kier molecular flexibility index (Phi) is 2.60. The second-order valence-corrected chi connectivity index (χ2v) is 4.35. The SMILES string of the molecule is Cc1csc(Nc2cc(N)ccc2C)n1. The molecule has 0 aliphatic rings. The summed E-state index contributed by atoms with van der Waals surface area (Å²) in [5, 5.41) is 6.18. The van der Waals surface area contributed by atoms with Crippen LogP contribution in [0.2, 0.25) is 0 Å². The zero-order valence-electron chi connectivity index (χ0n) is 8.74. The molecule has 2 rings (SSSR count). The maximum absolute atomic E-state index is 5.73. The highest BCUT2D eigenvalue weighted by molar-refractivity contribution is 7.13. The van der Waals surface area contributed by atoms with Crippen molar-refractivity contribution in [2.45, 2.75) is 13.8 Å². The molecule has 0 atom stereocenters. The quantitative estimate of drug-likeness (QED) is 0.763. The first-order valence-electron chi connectivity index (χ1n) is 4.70. The van der Waals surface area contributed by atoms with Gasteiger partial charge in [0.2, 0.25) is 0 Å². The van der Waals surface area contributed by atoms with Gasteiger partial charge in [-0.2, -0.15) is 0 Å². The fraction of sp³-hybridized carbons (Fsp3) is 0.182. The van der Waals surface area contributed by atoms with E-state index in [1.54, 1.807) is 11.3 Å². The van der Waals surface area contributed by atoms with Crippen molar-refractivity contribution in [3.8, 4) is 0 Å². The largest absolute Gasteiger partial charge is 0.399 e. The van der Waals surface area contributed by atoms with Crippen LogP contribution in [0.1, 0.15) is 11.3 Å². The normalized spacial score (nSPS) is 10.3. The Morgan fingerprint density at radius 2 is 2.13 bits per heavy atom. The van der Waals surface area contributed by atoms with Crippen LogP contribution in [0.15, 0.2) is 23.6 Å². The number of thiazole rings is 1. The van der Waals surface area contributed by atoms with E-state index in [9.17, 15) is 0 Å². The summed E-state index contributed by atoms with van der Waals surface area (Å²) in [6.07, 6.45) is 0. The van der Waals surface area contributed by atoms with Gasteiger partial charge in [0.05, 0.1) is 5.69 Å². The minimum atomic E-state index is 0.761. The molecule has 0 amide bonds. The number of nitrogens with one attached hydrogen (secondary N) is 1. The minimum absolute atomic E-state index is 0.761. The van der Waals surface area contributed by atoms with E-state index in [0.29, 0.717) is 0 Å². The molecule has 0 saturated heterocycles. The van der Waals surface area contributed by atoms with Gasteiger partial charge in [0.1, 0.15) is 0 Å².